The van der Waals surface area contributed by atoms with Crippen LogP contribution in [-0.2, 0) is 10.0 Å². The van der Waals surface area contributed by atoms with E-state index in [1.54, 1.807) is 24.3 Å². The van der Waals surface area contributed by atoms with Crippen molar-refractivity contribution in [1.82, 2.24) is 9.62 Å². The Morgan fingerprint density at radius 2 is 2.00 bits per heavy atom. The van der Waals surface area contributed by atoms with Crippen LogP contribution in [0.4, 0.5) is 0 Å². The molecule has 0 spiro atoms. The van der Waals surface area contributed by atoms with Crippen LogP contribution in [0.2, 0.25) is 0 Å². The van der Waals surface area contributed by atoms with Gasteiger partial charge in [0.05, 0.1) is 11.0 Å². The molecule has 1 fully saturated rings. The second-order valence-electron chi connectivity index (χ2n) is 5.15. The summed E-state index contributed by atoms with van der Waals surface area (Å²) in [6.07, 6.45) is 0.242. The van der Waals surface area contributed by atoms with E-state index in [9.17, 15) is 13.5 Å². The summed E-state index contributed by atoms with van der Waals surface area (Å²) >= 11 is 0. The highest BCUT2D eigenvalue weighted by Gasteiger charge is 2.29. The highest BCUT2D eigenvalue weighted by atomic mass is 32.2. The number of hydrogen-bond donors (Lipinski definition) is 2. The molecule has 2 N–H and O–H groups in total. The molecular weight excluding hydrogens is 264 g/mol. The largest absolute Gasteiger partial charge is 0.392 e. The molecule has 1 aromatic carbocycles. The first kappa shape index (κ1) is 14.5. The number of rotatable bonds is 4. The van der Waals surface area contributed by atoms with Gasteiger partial charge in [-0.05, 0) is 32.5 Å². The van der Waals surface area contributed by atoms with Crippen LogP contribution >= 0.6 is 0 Å². The molecule has 0 bridgehead atoms. The zero-order valence-corrected chi connectivity index (χ0v) is 12.0. The van der Waals surface area contributed by atoms with Crippen LogP contribution in [0.25, 0.3) is 0 Å². The first-order chi connectivity index (χ1) is 8.88. The summed E-state index contributed by atoms with van der Waals surface area (Å²) < 4.78 is 26.8. The SMILES string of the molecule is Cc1ccc(S(=O)(=O)NC[C@@H]2C[C@@H](O)CN2C)cc1. The van der Waals surface area contributed by atoms with Crippen LogP contribution in [0.5, 0.6) is 0 Å². The topological polar surface area (TPSA) is 69.6 Å². The highest BCUT2D eigenvalue weighted by Crippen LogP contribution is 2.16. The second-order valence-corrected chi connectivity index (χ2v) is 6.91. The summed E-state index contributed by atoms with van der Waals surface area (Å²) in [5, 5.41) is 9.53. The molecule has 1 aromatic rings. The van der Waals surface area contributed by atoms with Crippen LogP contribution in [0.3, 0.4) is 0 Å². The maximum Gasteiger partial charge on any atom is 0.240 e. The molecule has 1 aliphatic heterocycles. The van der Waals surface area contributed by atoms with Gasteiger partial charge in [0.1, 0.15) is 0 Å². The van der Waals surface area contributed by atoms with Gasteiger partial charge in [0.2, 0.25) is 10.0 Å². The van der Waals surface area contributed by atoms with Crippen LogP contribution < -0.4 is 4.72 Å². The number of nitrogens with one attached hydrogen (secondary N) is 1. The number of sulfonamides is 1. The fourth-order valence-electron chi connectivity index (χ4n) is 2.30. The van der Waals surface area contributed by atoms with E-state index >= 15 is 0 Å². The second kappa shape index (κ2) is 5.58. The van der Waals surface area contributed by atoms with Gasteiger partial charge in [-0.3, -0.25) is 4.90 Å². The fraction of sp³-hybridized carbons (Fsp3) is 0.538. The summed E-state index contributed by atoms with van der Waals surface area (Å²) in [6.45, 7) is 2.83. The smallest absolute Gasteiger partial charge is 0.240 e. The quantitative estimate of drug-likeness (QED) is 0.836. The maximum atomic E-state index is 12.1. The lowest BCUT2D eigenvalue weighted by Crippen LogP contribution is -2.38. The maximum absolute atomic E-state index is 12.1. The normalized spacial score (nSPS) is 24.8. The van der Waals surface area contributed by atoms with Crippen molar-refractivity contribution < 1.29 is 13.5 Å². The van der Waals surface area contributed by atoms with Gasteiger partial charge >= 0.3 is 0 Å². The molecule has 1 heterocycles. The molecule has 19 heavy (non-hydrogen) atoms. The molecule has 0 saturated carbocycles. The fourth-order valence-corrected chi connectivity index (χ4v) is 3.37. The van der Waals surface area contributed by atoms with Gasteiger partial charge in [0.15, 0.2) is 0 Å². The Morgan fingerprint density at radius 3 is 2.53 bits per heavy atom. The van der Waals surface area contributed by atoms with Gasteiger partial charge in [0.25, 0.3) is 0 Å². The minimum absolute atomic E-state index is 0.0511. The number of aryl methyl sites for hydroxylation is 1. The van der Waals surface area contributed by atoms with E-state index < -0.39 is 10.0 Å². The lowest BCUT2D eigenvalue weighted by atomic mass is 10.2. The Hall–Kier alpha value is -0.950. The highest BCUT2D eigenvalue weighted by molar-refractivity contribution is 7.89. The predicted molar refractivity (Wildman–Crippen MR) is 73.4 cm³/mol. The van der Waals surface area contributed by atoms with Crippen molar-refractivity contribution in [2.45, 2.75) is 30.4 Å². The van der Waals surface area contributed by atoms with Gasteiger partial charge in [-0.25, -0.2) is 13.1 Å². The molecule has 2 rings (SSSR count). The Bertz CT molecular complexity index is 527. The molecular formula is C13H20N2O3S. The Morgan fingerprint density at radius 1 is 1.37 bits per heavy atom. The zero-order chi connectivity index (χ0) is 14.0. The molecule has 0 radical (unpaired) electrons. The molecule has 0 amide bonds. The van der Waals surface area contributed by atoms with Gasteiger partial charge in [-0.15, -0.1) is 0 Å². The first-order valence-corrected chi connectivity index (χ1v) is 7.81. The number of β-amino-alcohol motifs (C(OH)–C–C–N with tert-alkyl or cyclic N) is 1. The first-order valence-electron chi connectivity index (χ1n) is 6.33. The summed E-state index contributed by atoms with van der Waals surface area (Å²) in [5.41, 5.74) is 1.03. The molecule has 106 valence electrons. The number of likely N-dealkylation sites (N-methyl/N-ethyl adjacent to an activating group) is 1. The Balaban J connectivity index is 2.00. The van der Waals surface area contributed by atoms with E-state index in [0.29, 0.717) is 19.5 Å². The number of hydrogen-bond acceptors (Lipinski definition) is 4. The molecule has 0 aromatic heterocycles. The molecule has 6 heteroatoms. The molecule has 5 nitrogen and oxygen atoms in total. The van der Waals surface area contributed by atoms with Crippen molar-refractivity contribution in [2.24, 2.45) is 0 Å². The van der Waals surface area contributed by atoms with Crippen molar-refractivity contribution in [2.75, 3.05) is 20.1 Å². The van der Waals surface area contributed by atoms with Crippen molar-refractivity contribution in [1.29, 1.82) is 0 Å². The van der Waals surface area contributed by atoms with Crippen molar-refractivity contribution in [3.63, 3.8) is 0 Å². The Labute approximate surface area is 114 Å². The molecule has 1 saturated heterocycles. The van der Waals surface area contributed by atoms with Crippen LogP contribution in [0.1, 0.15) is 12.0 Å². The number of likely N-dealkylation sites (tertiary alicyclic amines) is 1. The van der Waals surface area contributed by atoms with E-state index in [1.807, 2.05) is 18.9 Å². The van der Waals surface area contributed by atoms with Gasteiger partial charge in [-0.2, -0.15) is 0 Å². The average molecular weight is 284 g/mol. The number of aliphatic hydroxyl groups excluding tert-OH is 1. The van der Waals surface area contributed by atoms with Crippen molar-refractivity contribution in [3.05, 3.63) is 29.8 Å². The molecule has 0 aliphatic carbocycles. The zero-order valence-electron chi connectivity index (χ0n) is 11.2. The minimum Gasteiger partial charge on any atom is -0.392 e. The summed E-state index contributed by atoms with van der Waals surface area (Å²) in [6, 6.07) is 6.81. The van der Waals surface area contributed by atoms with E-state index in [2.05, 4.69) is 4.72 Å². The lowest BCUT2D eigenvalue weighted by molar-refractivity contribution is 0.182. The predicted octanol–water partition coefficient (Wildman–Crippen LogP) is 0.338. The van der Waals surface area contributed by atoms with Gasteiger partial charge in [0, 0.05) is 19.1 Å². The number of nitrogens with zero attached hydrogens (tertiary/aromatic N) is 1. The van der Waals surface area contributed by atoms with E-state index in [4.69, 9.17) is 0 Å². The van der Waals surface area contributed by atoms with Crippen molar-refractivity contribution >= 4 is 10.0 Å². The third-order valence-corrected chi connectivity index (χ3v) is 4.95. The van der Waals surface area contributed by atoms with Gasteiger partial charge in [-0.1, -0.05) is 17.7 Å². The summed E-state index contributed by atoms with van der Waals surface area (Å²) in [7, 11) is -1.57. The number of benzene rings is 1. The van der Waals surface area contributed by atoms with E-state index in [-0.39, 0.29) is 17.0 Å². The summed E-state index contributed by atoms with van der Waals surface area (Å²) in [4.78, 5) is 2.25. The Kier molecular flexibility index (Phi) is 4.25. The monoisotopic (exact) mass is 284 g/mol. The lowest BCUT2D eigenvalue weighted by Gasteiger charge is -2.19. The van der Waals surface area contributed by atoms with Gasteiger partial charge < -0.3 is 5.11 Å². The average Bonchev–Trinajstić information content (AvgIpc) is 2.66. The van der Waals surface area contributed by atoms with Crippen LogP contribution in [0, 0.1) is 6.92 Å². The van der Waals surface area contributed by atoms with E-state index in [0.717, 1.165) is 5.56 Å². The molecule has 0 unspecified atom stereocenters. The molecule has 2 atom stereocenters. The van der Waals surface area contributed by atoms with E-state index in [1.165, 1.54) is 0 Å². The minimum atomic E-state index is -3.46. The van der Waals surface area contributed by atoms with Crippen molar-refractivity contribution in [3.8, 4) is 0 Å². The standard InChI is InChI=1S/C13H20N2O3S/c1-10-3-5-13(6-4-10)19(17,18)14-8-11-7-12(16)9-15(11)2/h3-6,11-12,14,16H,7-9H2,1-2H3/t11-,12+/m0/s1. The third-order valence-electron chi connectivity index (χ3n) is 3.51. The summed E-state index contributed by atoms with van der Waals surface area (Å²) in [5.74, 6) is 0. The third kappa shape index (κ3) is 3.54. The number of aliphatic hydroxyl groups is 1. The van der Waals surface area contributed by atoms with Crippen LogP contribution in [0.15, 0.2) is 29.2 Å². The van der Waals surface area contributed by atoms with Crippen LogP contribution in [-0.4, -0.2) is 50.7 Å². The molecule has 1 aliphatic rings.